The van der Waals surface area contributed by atoms with Crippen LogP contribution in [0.1, 0.15) is 43.4 Å². The molecular formula is C14H18FN. The summed E-state index contributed by atoms with van der Waals surface area (Å²) in [5.74, 6) is 0.599. The van der Waals surface area contributed by atoms with Crippen molar-refractivity contribution in [2.45, 2.75) is 44.7 Å². The fourth-order valence-corrected chi connectivity index (χ4v) is 2.73. The fourth-order valence-electron chi connectivity index (χ4n) is 2.73. The lowest BCUT2D eigenvalue weighted by atomic mass is 9.80. The van der Waals surface area contributed by atoms with Gasteiger partial charge in [-0.1, -0.05) is 19.1 Å². The van der Waals surface area contributed by atoms with E-state index in [2.05, 4.69) is 18.3 Å². The molecule has 0 aromatic heterocycles. The summed E-state index contributed by atoms with van der Waals surface area (Å²) in [6, 6.07) is 6.57. The number of rotatable bonds is 2. The van der Waals surface area contributed by atoms with E-state index in [1.807, 2.05) is 6.07 Å². The molecule has 0 radical (unpaired) electrons. The second-order valence-corrected chi connectivity index (χ2v) is 5.24. The lowest BCUT2D eigenvalue weighted by Gasteiger charge is -2.32. The number of hydrogen-bond donors (Lipinski definition) is 1. The molecule has 3 rings (SSSR count). The number of hydrogen-bond acceptors (Lipinski definition) is 1. The van der Waals surface area contributed by atoms with E-state index in [1.165, 1.54) is 18.4 Å². The van der Waals surface area contributed by atoms with E-state index in [-0.39, 0.29) is 5.82 Å². The zero-order valence-corrected chi connectivity index (χ0v) is 9.67. The molecule has 0 heterocycles. The number of nitrogens with one attached hydrogen (secondary N) is 1. The maximum absolute atomic E-state index is 13.7. The average Bonchev–Trinajstić information content (AvgIpc) is 3.07. The highest BCUT2D eigenvalue weighted by Gasteiger charge is 2.32. The highest BCUT2D eigenvalue weighted by molar-refractivity contribution is 5.34. The minimum atomic E-state index is -0.0213. The SMILES string of the molecule is CC1CCc2c(F)cccc2C1NC1CC1. The first-order valence-electron chi connectivity index (χ1n) is 6.29. The van der Waals surface area contributed by atoms with Crippen LogP contribution in [-0.4, -0.2) is 6.04 Å². The highest BCUT2D eigenvalue weighted by Crippen LogP contribution is 2.37. The van der Waals surface area contributed by atoms with Gasteiger partial charge in [0, 0.05) is 12.1 Å². The lowest BCUT2D eigenvalue weighted by molar-refractivity contribution is 0.337. The van der Waals surface area contributed by atoms with E-state index in [9.17, 15) is 4.39 Å². The van der Waals surface area contributed by atoms with Gasteiger partial charge in [-0.25, -0.2) is 4.39 Å². The zero-order chi connectivity index (χ0) is 11.1. The van der Waals surface area contributed by atoms with Crippen LogP contribution in [0, 0.1) is 11.7 Å². The Bertz CT molecular complexity index is 398. The van der Waals surface area contributed by atoms with Crippen LogP contribution in [0.15, 0.2) is 18.2 Å². The Balaban J connectivity index is 1.95. The highest BCUT2D eigenvalue weighted by atomic mass is 19.1. The van der Waals surface area contributed by atoms with Gasteiger partial charge in [-0.15, -0.1) is 0 Å². The van der Waals surface area contributed by atoms with Crippen molar-refractivity contribution in [1.29, 1.82) is 0 Å². The Morgan fingerprint density at radius 3 is 2.81 bits per heavy atom. The van der Waals surface area contributed by atoms with Gasteiger partial charge in [0.15, 0.2) is 0 Å². The van der Waals surface area contributed by atoms with Crippen LogP contribution in [-0.2, 0) is 6.42 Å². The molecule has 1 nitrogen and oxygen atoms in total. The molecule has 16 heavy (non-hydrogen) atoms. The zero-order valence-electron chi connectivity index (χ0n) is 9.67. The van der Waals surface area contributed by atoms with Crippen molar-refractivity contribution in [3.8, 4) is 0 Å². The van der Waals surface area contributed by atoms with Crippen LogP contribution >= 0.6 is 0 Å². The smallest absolute Gasteiger partial charge is 0.126 e. The third-order valence-electron chi connectivity index (χ3n) is 3.90. The number of fused-ring (bicyclic) bond motifs is 1. The Morgan fingerprint density at radius 1 is 1.25 bits per heavy atom. The van der Waals surface area contributed by atoms with E-state index >= 15 is 0 Å². The van der Waals surface area contributed by atoms with Crippen LogP contribution in [0.2, 0.25) is 0 Å². The molecule has 2 unspecified atom stereocenters. The normalized spacial score (nSPS) is 28.9. The van der Waals surface area contributed by atoms with Crippen molar-refractivity contribution in [2.75, 3.05) is 0 Å². The molecule has 0 bridgehead atoms. The Hall–Kier alpha value is -0.890. The summed E-state index contributed by atoms with van der Waals surface area (Å²) in [6.45, 7) is 2.27. The molecule has 0 amide bonds. The van der Waals surface area contributed by atoms with Gasteiger partial charge < -0.3 is 5.32 Å². The topological polar surface area (TPSA) is 12.0 Å². The largest absolute Gasteiger partial charge is 0.307 e. The molecule has 2 heteroatoms. The Kier molecular flexibility index (Phi) is 2.47. The first kappa shape index (κ1) is 10.3. The van der Waals surface area contributed by atoms with Crippen molar-refractivity contribution >= 4 is 0 Å². The van der Waals surface area contributed by atoms with Crippen LogP contribution in [0.25, 0.3) is 0 Å². The van der Waals surface area contributed by atoms with Gasteiger partial charge in [0.1, 0.15) is 5.82 Å². The number of benzene rings is 1. The molecule has 1 N–H and O–H groups in total. The average molecular weight is 219 g/mol. The fraction of sp³-hybridized carbons (Fsp3) is 0.571. The third-order valence-corrected chi connectivity index (χ3v) is 3.90. The molecular weight excluding hydrogens is 201 g/mol. The first-order chi connectivity index (χ1) is 7.75. The van der Waals surface area contributed by atoms with Gasteiger partial charge in [0.05, 0.1) is 0 Å². The summed E-state index contributed by atoms with van der Waals surface area (Å²) in [7, 11) is 0. The van der Waals surface area contributed by atoms with Crippen molar-refractivity contribution in [3.63, 3.8) is 0 Å². The van der Waals surface area contributed by atoms with Crippen molar-refractivity contribution in [3.05, 3.63) is 35.1 Å². The van der Waals surface area contributed by atoms with E-state index in [0.717, 1.165) is 18.4 Å². The molecule has 1 aromatic rings. The van der Waals surface area contributed by atoms with Crippen LogP contribution in [0.4, 0.5) is 4.39 Å². The minimum absolute atomic E-state index is 0.0213. The van der Waals surface area contributed by atoms with Gasteiger partial charge in [0.25, 0.3) is 0 Å². The van der Waals surface area contributed by atoms with E-state index < -0.39 is 0 Å². The van der Waals surface area contributed by atoms with Crippen molar-refractivity contribution < 1.29 is 4.39 Å². The van der Waals surface area contributed by atoms with Crippen LogP contribution in [0.3, 0.4) is 0 Å². The summed E-state index contributed by atoms with van der Waals surface area (Å²) in [5, 5.41) is 3.66. The maximum atomic E-state index is 13.7. The molecule has 1 fully saturated rings. The predicted octanol–water partition coefficient (Wildman–Crippen LogP) is 3.20. The molecule has 2 aliphatic carbocycles. The molecule has 1 aromatic carbocycles. The van der Waals surface area contributed by atoms with Crippen molar-refractivity contribution in [1.82, 2.24) is 5.32 Å². The lowest BCUT2D eigenvalue weighted by Crippen LogP contribution is -2.32. The Morgan fingerprint density at radius 2 is 2.06 bits per heavy atom. The van der Waals surface area contributed by atoms with Crippen LogP contribution < -0.4 is 5.32 Å². The monoisotopic (exact) mass is 219 g/mol. The second-order valence-electron chi connectivity index (χ2n) is 5.24. The van der Waals surface area contributed by atoms with Gasteiger partial charge in [0.2, 0.25) is 0 Å². The summed E-state index contributed by atoms with van der Waals surface area (Å²) in [5.41, 5.74) is 2.14. The van der Waals surface area contributed by atoms with Gasteiger partial charge in [-0.2, -0.15) is 0 Å². The van der Waals surface area contributed by atoms with Crippen LogP contribution in [0.5, 0.6) is 0 Å². The molecule has 86 valence electrons. The summed E-state index contributed by atoms with van der Waals surface area (Å²) >= 11 is 0. The predicted molar refractivity (Wildman–Crippen MR) is 62.8 cm³/mol. The minimum Gasteiger partial charge on any atom is -0.307 e. The van der Waals surface area contributed by atoms with Crippen molar-refractivity contribution in [2.24, 2.45) is 5.92 Å². The maximum Gasteiger partial charge on any atom is 0.126 e. The quantitative estimate of drug-likeness (QED) is 0.805. The molecule has 2 atom stereocenters. The molecule has 0 saturated heterocycles. The second kappa shape index (κ2) is 3.85. The molecule has 1 saturated carbocycles. The number of halogens is 1. The summed E-state index contributed by atoms with van der Waals surface area (Å²) < 4.78 is 13.7. The van der Waals surface area contributed by atoms with E-state index in [1.54, 1.807) is 6.07 Å². The summed E-state index contributed by atoms with van der Waals surface area (Å²) in [4.78, 5) is 0. The van der Waals surface area contributed by atoms with Gasteiger partial charge in [-0.3, -0.25) is 0 Å². The Labute approximate surface area is 96.1 Å². The van der Waals surface area contributed by atoms with Gasteiger partial charge in [-0.05, 0) is 48.8 Å². The summed E-state index contributed by atoms with van der Waals surface area (Å²) in [6.07, 6.45) is 4.56. The van der Waals surface area contributed by atoms with Gasteiger partial charge >= 0.3 is 0 Å². The molecule has 2 aliphatic rings. The molecule has 0 spiro atoms. The standard InChI is InChI=1S/C14H18FN/c1-9-5-8-11-12(3-2-4-13(11)15)14(9)16-10-6-7-10/h2-4,9-10,14,16H,5-8H2,1H3. The van der Waals surface area contributed by atoms with E-state index in [4.69, 9.17) is 0 Å². The first-order valence-corrected chi connectivity index (χ1v) is 6.29. The molecule has 0 aliphatic heterocycles. The van der Waals surface area contributed by atoms with E-state index in [0.29, 0.717) is 18.0 Å². The third kappa shape index (κ3) is 1.75.